The van der Waals surface area contributed by atoms with Crippen LogP contribution in [0.4, 0.5) is 6.01 Å². The molecular formula is C23H23N3O3. The van der Waals surface area contributed by atoms with Crippen molar-refractivity contribution in [1.82, 2.24) is 10.3 Å². The number of hydrogen-bond acceptors (Lipinski definition) is 4. The van der Waals surface area contributed by atoms with Crippen molar-refractivity contribution in [3.63, 3.8) is 0 Å². The maximum atomic E-state index is 12.4. The van der Waals surface area contributed by atoms with Gasteiger partial charge in [0, 0.05) is 18.4 Å². The van der Waals surface area contributed by atoms with Gasteiger partial charge in [0.05, 0.1) is 0 Å². The predicted octanol–water partition coefficient (Wildman–Crippen LogP) is 3.98. The van der Waals surface area contributed by atoms with Gasteiger partial charge in [-0.2, -0.15) is 4.98 Å². The van der Waals surface area contributed by atoms with Gasteiger partial charge in [0.1, 0.15) is 6.26 Å². The molecule has 4 rings (SSSR count). The lowest BCUT2D eigenvalue weighted by Gasteiger charge is -2.18. The molecule has 1 aliphatic carbocycles. The number of rotatable bonds is 8. The van der Waals surface area contributed by atoms with Crippen LogP contribution in [-0.2, 0) is 4.79 Å². The van der Waals surface area contributed by atoms with Crippen molar-refractivity contribution < 1.29 is 14.0 Å². The summed E-state index contributed by atoms with van der Waals surface area (Å²) in [6, 6.07) is 20.6. The molecule has 0 radical (unpaired) electrons. The smallest absolute Gasteiger partial charge is 0.302 e. The highest BCUT2D eigenvalue weighted by Crippen LogP contribution is 2.30. The standard InChI is InChI=1S/C23H23N3O3/c27-21(18-11-12-18)26-23-25-20(15-29-23)22(28)24-14-13-19(16-7-3-1-4-8-16)17-9-5-2-6-10-17/h1-10,15,18-19H,11-14H2,(H,24,28)(H,25,26,27). The van der Waals surface area contributed by atoms with E-state index in [9.17, 15) is 9.59 Å². The lowest BCUT2D eigenvalue weighted by Crippen LogP contribution is -2.26. The fourth-order valence-electron chi connectivity index (χ4n) is 3.31. The van der Waals surface area contributed by atoms with Gasteiger partial charge in [-0.05, 0) is 30.4 Å². The van der Waals surface area contributed by atoms with E-state index in [2.05, 4.69) is 39.9 Å². The summed E-state index contributed by atoms with van der Waals surface area (Å²) in [7, 11) is 0. The summed E-state index contributed by atoms with van der Waals surface area (Å²) < 4.78 is 5.20. The third-order valence-corrected chi connectivity index (χ3v) is 5.04. The van der Waals surface area contributed by atoms with Crippen LogP contribution >= 0.6 is 0 Å². The average Bonchev–Trinajstić information content (AvgIpc) is 3.52. The van der Waals surface area contributed by atoms with Crippen LogP contribution in [-0.4, -0.2) is 23.3 Å². The highest BCUT2D eigenvalue weighted by molar-refractivity contribution is 5.94. The fourth-order valence-corrected chi connectivity index (χ4v) is 3.31. The first-order valence-corrected chi connectivity index (χ1v) is 9.85. The Bertz CT molecular complexity index is 926. The van der Waals surface area contributed by atoms with E-state index in [0.29, 0.717) is 6.54 Å². The van der Waals surface area contributed by atoms with Crippen molar-refractivity contribution in [2.75, 3.05) is 11.9 Å². The molecule has 3 aromatic rings. The Labute approximate surface area is 169 Å². The van der Waals surface area contributed by atoms with Crippen LogP contribution in [0.15, 0.2) is 71.3 Å². The molecule has 0 saturated heterocycles. The Morgan fingerprint density at radius 2 is 1.62 bits per heavy atom. The molecule has 2 aromatic carbocycles. The number of amides is 2. The zero-order valence-corrected chi connectivity index (χ0v) is 16.0. The van der Waals surface area contributed by atoms with Gasteiger partial charge in [0.15, 0.2) is 5.69 Å². The maximum Gasteiger partial charge on any atom is 0.302 e. The first-order chi connectivity index (χ1) is 14.2. The van der Waals surface area contributed by atoms with Crippen LogP contribution in [0.3, 0.4) is 0 Å². The summed E-state index contributed by atoms with van der Waals surface area (Å²) in [4.78, 5) is 28.2. The molecule has 1 aliphatic rings. The van der Waals surface area contributed by atoms with Gasteiger partial charge in [0.2, 0.25) is 5.91 Å². The number of oxazole rings is 1. The summed E-state index contributed by atoms with van der Waals surface area (Å²) in [5.41, 5.74) is 2.57. The van der Waals surface area contributed by atoms with Gasteiger partial charge in [0.25, 0.3) is 5.91 Å². The molecule has 2 N–H and O–H groups in total. The van der Waals surface area contributed by atoms with Crippen molar-refractivity contribution in [1.29, 1.82) is 0 Å². The first kappa shape index (κ1) is 18.9. The summed E-state index contributed by atoms with van der Waals surface area (Å²) in [5.74, 6) is -0.191. The second-order valence-electron chi connectivity index (χ2n) is 7.22. The highest BCUT2D eigenvalue weighted by atomic mass is 16.4. The van der Waals surface area contributed by atoms with E-state index in [1.165, 1.54) is 17.4 Å². The quantitative estimate of drug-likeness (QED) is 0.610. The van der Waals surface area contributed by atoms with Crippen molar-refractivity contribution in [3.8, 4) is 0 Å². The molecule has 0 aliphatic heterocycles. The molecule has 1 saturated carbocycles. The molecule has 1 fully saturated rings. The second-order valence-corrected chi connectivity index (χ2v) is 7.22. The van der Waals surface area contributed by atoms with Gasteiger partial charge in [-0.3, -0.25) is 14.9 Å². The predicted molar refractivity (Wildman–Crippen MR) is 110 cm³/mol. The molecule has 6 heteroatoms. The van der Waals surface area contributed by atoms with Crippen molar-refractivity contribution in [2.45, 2.75) is 25.2 Å². The van der Waals surface area contributed by atoms with Crippen LogP contribution in [0.1, 0.15) is 46.8 Å². The zero-order chi connectivity index (χ0) is 20.1. The van der Waals surface area contributed by atoms with Gasteiger partial charge in [-0.15, -0.1) is 0 Å². The number of anilines is 1. The Hall–Kier alpha value is -3.41. The van der Waals surface area contributed by atoms with Crippen LogP contribution < -0.4 is 10.6 Å². The second kappa shape index (κ2) is 8.73. The van der Waals surface area contributed by atoms with E-state index in [4.69, 9.17) is 4.42 Å². The third kappa shape index (κ3) is 4.90. The molecule has 29 heavy (non-hydrogen) atoms. The molecule has 1 heterocycles. The van der Waals surface area contributed by atoms with Crippen LogP contribution in [0.5, 0.6) is 0 Å². The van der Waals surface area contributed by atoms with Crippen LogP contribution in [0, 0.1) is 5.92 Å². The summed E-state index contributed by atoms with van der Waals surface area (Å²) >= 11 is 0. The van der Waals surface area contributed by atoms with E-state index >= 15 is 0 Å². The molecule has 0 bridgehead atoms. The average molecular weight is 389 g/mol. The molecule has 0 spiro atoms. The monoisotopic (exact) mass is 389 g/mol. The molecule has 2 amide bonds. The first-order valence-electron chi connectivity index (χ1n) is 9.85. The summed E-state index contributed by atoms with van der Waals surface area (Å²) in [6.07, 6.45) is 3.81. The number of carbonyl (C=O) groups is 2. The van der Waals surface area contributed by atoms with Gasteiger partial charge < -0.3 is 9.73 Å². The lowest BCUT2D eigenvalue weighted by molar-refractivity contribution is -0.117. The number of hydrogen-bond donors (Lipinski definition) is 2. The number of nitrogens with one attached hydrogen (secondary N) is 2. The Kier molecular flexibility index (Phi) is 5.70. The number of aromatic nitrogens is 1. The largest absolute Gasteiger partial charge is 0.431 e. The molecule has 6 nitrogen and oxygen atoms in total. The SMILES string of the molecule is O=C(NCCC(c1ccccc1)c1ccccc1)c1coc(NC(=O)C2CC2)n1. The summed E-state index contributed by atoms with van der Waals surface area (Å²) in [5, 5.41) is 5.50. The minimum absolute atomic E-state index is 0.0482. The third-order valence-electron chi connectivity index (χ3n) is 5.04. The topological polar surface area (TPSA) is 84.2 Å². The van der Waals surface area contributed by atoms with Gasteiger partial charge in [-0.1, -0.05) is 60.7 Å². The number of benzene rings is 2. The number of carbonyl (C=O) groups excluding carboxylic acids is 2. The summed E-state index contributed by atoms with van der Waals surface area (Å²) in [6.45, 7) is 0.490. The van der Waals surface area contributed by atoms with E-state index in [1.807, 2.05) is 36.4 Å². The molecule has 1 aromatic heterocycles. The van der Waals surface area contributed by atoms with Gasteiger partial charge in [-0.25, -0.2) is 0 Å². The molecular weight excluding hydrogens is 366 g/mol. The van der Waals surface area contributed by atoms with E-state index in [-0.39, 0.29) is 35.4 Å². The maximum absolute atomic E-state index is 12.4. The normalized spacial score (nSPS) is 13.3. The highest BCUT2D eigenvalue weighted by Gasteiger charge is 2.30. The van der Waals surface area contributed by atoms with Crippen LogP contribution in [0.2, 0.25) is 0 Å². The lowest BCUT2D eigenvalue weighted by atomic mass is 9.88. The van der Waals surface area contributed by atoms with Gasteiger partial charge >= 0.3 is 6.01 Å². The van der Waals surface area contributed by atoms with Crippen molar-refractivity contribution >= 4 is 17.8 Å². The van der Waals surface area contributed by atoms with Crippen molar-refractivity contribution in [2.24, 2.45) is 5.92 Å². The fraction of sp³-hybridized carbons (Fsp3) is 0.261. The molecule has 148 valence electrons. The molecule has 0 atom stereocenters. The Balaban J connectivity index is 1.35. The van der Waals surface area contributed by atoms with Crippen molar-refractivity contribution in [3.05, 3.63) is 83.7 Å². The Morgan fingerprint density at radius 1 is 1.00 bits per heavy atom. The molecule has 0 unspecified atom stereocenters. The van der Waals surface area contributed by atoms with E-state index < -0.39 is 0 Å². The Morgan fingerprint density at radius 3 is 2.21 bits per heavy atom. The minimum atomic E-state index is -0.319. The minimum Gasteiger partial charge on any atom is -0.431 e. The number of nitrogens with zero attached hydrogens (tertiary/aromatic N) is 1. The van der Waals surface area contributed by atoms with E-state index in [1.54, 1.807) is 0 Å². The zero-order valence-electron chi connectivity index (χ0n) is 16.0. The van der Waals surface area contributed by atoms with Crippen LogP contribution in [0.25, 0.3) is 0 Å². The van der Waals surface area contributed by atoms with E-state index in [0.717, 1.165) is 19.3 Å².